The van der Waals surface area contributed by atoms with Gasteiger partial charge in [-0.3, -0.25) is 4.79 Å². The minimum Gasteiger partial charge on any atom is -0.300 e. The lowest BCUT2D eigenvalue weighted by Crippen LogP contribution is -1.98. The number of carbonyl (C=O) groups excluding carboxylic acids is 1. The first-order valence-electron chi connectivity index (χ1n) is 10.5. The van der Waals surface area contributed by atoms with Crippen LogP contribution >= 0.6 is 11.6 Å². The smallest absolute Gasteiger partial charge is 0.132 e. The molecule has 0 unspecified atom stereocenters. The molecule has 0 saturated heterocycles. The summed E-state index contributed by atoms with van der Waals surface area (Å²) >= 11 is 5.64. The summed E-state index contributed by atoms with van der Waals surface area (Å²) < 4.78 is 0. The lowest BCUT2D eigenvalue weighted by atomic mass is 10.0. The second kappa shape index (κ2) is 26.4. The van der Waals surface area contributed by atoms with Crippen LogP contribution in [-0.4, -0.2) is 5.78 Å². The van der Waals surface area contributed by atoms with Crippen molar-refractivity contribution in [2.75, 3.05) is 0 Å². The van der Waals surface area contributed by atoms with E-state index in [9.17, 15) is 4.79 Å². The number of benzene rings is 1. The van der Waals surface area contributed by atoms with Crippen LogP contribution in [0.15, 0.2) is 24.3 Å². The van der Waals surface area contributed by atoms with Crippen LogP contribution in [0.1, 0.15) is 100 Å². The van der Waals surface area contributed by atoms with Crippen LogP contribution in [0.2, 0.25) is 5.02 Å². The van der Waals surface area contributed by atoms with Crippen LogP contribution in [-0.2, 0) is 4.79 Å². The predicted molar refractivity (Wildman–Crippen MR) is 123 cm³/mol. The molecule has 0 heterocycles. The molecule has 0 fully saturated rings. The second-order valence-corrected chi connectivity index (χ2v) is 6.68. The third-order valence-electron chi connectivity index (χ3n) is 3.36. The Morgan fingerprint density at radius 1 is 0.962 bits per heavy atom. The highest BCUT2D eigenvalue weighted by molar-refractivity contribution is 6.30. The first kappa shape index (κ1) is 32.8. The van der Waals surface area contributed by atoms with E-state index >= 15 is 0 Å². The molecule has 0 aromatic heterocycles. The number of Topliss-reactive ketones (excluding diaryl/α,β-unsaturated/α-hetero) is 1. The van der Waals surface area contributed by atoms with Crippen molar-refractivity contribution in [1.82, 2.24) is 0 Å². The SMILES string of the molecule is CC.CC.CC(=O)C(C)C.CCCC(C)CCC.Cc1cccc(Cl)c1. The van der Waals surface area contributed by atoms with E-state index in [2.05, 4.69) is 20.8 Å². The number of rotatable bonds is 5. The van der Waals surface area contributed by atoms with Gasteiger partial charge in [0.1, 0.15) is 5.78 Å². The van der Waals surface area contributed by atoms with Crippen molar-refractivity contribution >= 4 is 17.4 Å². The summed E-state index contributed by atoms with van der Waals surface area (Å²) in [6, 6.07) is 7.76. The number of hydrogen-bond acceptors (Lipinski definition) is 1. The molecule has 0 aliphatic carbocycles. The summed E-state index contributed by atoms with van der Waals surface area (Å²) in [5.74, 6) is 1.44. The summed E-state index contributed by atoms with van der Waals surface area (Å²) in [6.45, 7) is 22.3. The molecule has 0 atom stereocenters. The molecule has 0 amide bonds. The van der Waals surface area contributed by atoms with Gasteiger partial charge >= 0.3 is 0 Å². The molecule has 1 aromatic carbocycles. The molecular formula is C24H47ClO. The Morgan fingerprint density at radius 2 is 1.35 bits per heavy atom. The zero-order chi connectivity index (χ0) is 21.5. The molecule has 0 N–H and O–H groups in total. The van der Waals surface area contributed by atoms with Crippen LogP contribution in [0.5, 0.6) is 0 Å². The van der Waals surface area contributed by atoms with E-state index in [0.717, 1.165) is 10.9 Å². The lowest BCUT2D eigenvalue weighted by molar-refractivity contribution is -0.119. The Bertz CT molecular complexity index is 362. The Labute approximate surface area is 170 Å². The van der Waals surface area contributed by atoms with Crippen molar-refractivity contribution in [1.29, 1.82) is 0 Å². The highest BCUT2D eigenvalue weighted by atomic mass is 35.5. The zero-order valence-corrected chi connectivity index (χ0v) is 20.3. The molecule has 1 rings (SSSR count). The largest absolute Gasteiger partial charge is 0.300 e. The lowest BCUT2D eigenvalue weighted by Gasteiger charge is -2.05. The van der Waals surface area contributed by atoms with Crippen LogP contribution in [0, 0.1) is 18.8 Å². The topological polar surface area (TPSA) is 17.1 Å². The monoisotopic (exact) mass is 386 g/mol. The molecule has 2 heteroatoms. The van der Waals surface area contributed by atoms with Gasteiger partial charge in [0.25, 0.3) is 0 Å². The summed E-state index contributed by atoms with van der Waals surface area (Å²) in [5, 5.41) is 0.810. The van der Waals surface area contributed by atoms with Crippen LogP contribution in [0.25, 0.3) is 0 Å². The third kappa shape index (κ3) is 31.0. The number of carbonyl (C=O) groups is 1. The molecule has 0 saturated carbocycles. The summed E-state index contributed by atoms with van der Waals surface area (Å²) in [6.07, 6.45) is 5.52. The first-order chi connectivity index (χ1) is 12.2. The van der Waals surface area contributed by atoms with Crippen molar-refractivity contribution in [3.05, 3.63) is 34.9 Å². The van der Waals surface area contributed by atoms with E-state index in [4.69, 9.17) is 11.6 Å². The van der Waals surface area contributed by atoms with Crippen molar-refractivity contribution in [3.63, 3.8) is 0 Å². The maximum Gasteiger partial charge on any atom is 0.132 e. The molecule has 156 valence electrons. The fraction of sp³-hybridized carbons (Fsp3) is 0.708. The average Bonchev–Trinajstić information content (AvgIpc) is 2.60. The fourth-order valence-electron chi connectivity index (χ4n) is 1.74. The quantitative estimate of drug-likeness (QED) is 0.492. The second-order valence-electron chi connectivity index (χ2n) is 6.25. The summed E-state index contributed by atoms with van der Waals surface area (Å²) in [4.78, 5) is 10.1. The predicted octanol–water partition coefficient (Wildman–Crippen LogP) is 9.15. The van der Waals surface area contributed by atoms with Gasteiger partial charge in [-0.05, 0) is 37.5 Å². The Balaban J connectivity index is -0.000000128. The Kier molecular flexibility index (Phi) is 33.3. The van der Waals surface area contributed by atoms with E-state index < -0.39 is 0 Å². The third-order valence-corrected chi connectivity index (χ3v) is 3.59. The molecule has 0 bridgehead atoms. The average molecular weight is 387 g/mol. The van der Waals surface area contributed by atoms with Gasteiger partial charge in [0.2, 0.25) is 0 Å². The molecule has 0 radical (unpaired) electrons. The molecule has 0 spiro atoms. The van der Waals surface area contributed by atoms with Gasteiger partial charge in [0.05, 0.1) is 0 Å². The maximum atomic E-state index is 10.1. The fourth-order valence-corrected chi connectivity index (χ4v) is 1.98. The maximum absolute atomic E-state index is 10.1. The highest BCUT2D eigenvalue weighted by Gasteiger charge is 1.96. The van der Waals surface area contributed by atoms with Gasteiger partial charge in [-0.1, -0.05) is 112 Å². The van der Waals surface area contributed by atoms with Crippen molar-refractivity contribution in [2.24, 2.45) is 11.8 Å². The molecule has 0 aliphatic rings. The number of halogens is 1. The van der Waals surface area contributed by atoms with E-state index in [1.165, 1.54) is 31.2 Å². The van der Waals surface area contributed by atoms with Gasteiger partial charge in [0, 0.05) is 10.9 Å². The standard InChI is InChI=1S/C8H18.C7H7Cl.C5H10O.2C2H6/c1-4-6-8(3)7-5-2;1-6-3-2-4-7(8)5-6;1-4(2)5(3)6;2*1-2/h8H,4-7H2,1-3H3;2-5H,1H3;4H,1-3H3;2*1-2H3. The van der Waals surface area contributed by atoms with Crippen LogP contribution in [0.3, 0.4) is 0 Å². The summed E-state index contributed by atoms with van der Waals surface area (Å²) in [7, 11) is 0. The Morgan fingerprint density at radius 3 is 1.54 bits per heavy atom. The van der Waals surface area contributed by atoms with Gasteiger partial charge in [0.15, 0.2) is 0 Å². The van der Waals surface area contributed by atoms with Crippen LogP contribution in [0.4, 0.5) is 0 Å². The van der Waals surface area contributed by atoms with Gasteiger partial charge in [-0.15, -0.1) is 0 Å². The van der Waals surface area contributed by atoms with Crippen molar-refractivity contribution in [3.8, 4) is 0 Å². The van der Waals surface area contributed by atoms with Gasteiger partial charge in [-0.25, -0.2) is 0 Å². The zero-order valence-electron chi connectivity index (χ0n) is 19.6. The number of aryl methyl sites for hydroxylation is 1. The van der Waals surface area contributed by atoms with E-state index in [1.807, 2.05) is 72.7 Å². The number of hydrogen-bond donors (Lipinski definition) is 0. The highest BCUT2D eigenvalue weighted by Crippen LogP contribution is 2.10. The molecule has 1 nitrogen and oxygen atoms in total. The first-order valence-corrected chi connectivity index (χ1v) is 10.8. The molecule has 26 heavy (non-hydrogen) atoms. The van der Waals surface area contributed by atoms with Crippen LogP contribution < -0.4 is 0 Å². The molecule has 1 aromatic rings. The van der Waals surface area contributed by atoms with Crippen molar-refractivity contribution < 1.29 is 4.79 Å². The molecule has 0 aliphatic heterocycles. The van der Waals surface area contributed by atoms with E-state index in [1.54, 1.807) is 6.92 Å². The number of ketones is 1. The normalized spacial score (nSPS) is 8.69. The minimum absolute atomic E-state index is 0.213. The van der Waals surface area contributed by atoms with Crippen molar-refractivity contribution in [2.45, 2.75) is 102 Å². The van der Waals surface area contributed by atoms with Gasteiger partial charge in [-0.2, -0.15) is 0 Å². The van der Waals surface area contributed by atoms with Gasteiger partial charge < -0.3 is 0 Å². The Hall–Kier alpha value is -0.820. The molecular weight excluding hydrogens is 340 g/mol. The minimum atomic E-state index is 0.213. The van der Waals surface area contributed by atoms with E-state index in [0.29, 0.717) is 0 Å². The summed E-state index contributed by atoms with van der Waals surface area (Å²) in [5.41, 5.74) is 1.21. The van der Waals surface area contributed by atoms with E-state index in [-0.39, 0.29) is 11.7 Å².